The van der Waals surface area contributed by atoms with Crippen molar-refractivity contribution in [3.05, 3.63) is 79.2 Å². The van der Waals surface area contributed by atoms with Gasteiger partial charge in [0.15, 0.2) is 0 Å². The first-order valence-electron chi connectivity index (χ1n) is 9.68. The van der Waals surface area contributed by atoms with Crippen LogP contribution in [0.4, 0.5) is 0 Å². The zero-order valence-corrected chi connectivity index (χ0v) is 19.7. The first-order valence-corrected chi connectivity index (χ1v) is 14.6. The van der Waals surface area contributed by atoms with Crippen molar-refractivity contribution in [2.45, 2.75) is 51.9 Å². The quantitative estimate of drug-likeness (QED) is 0.445. The molecule has 0 N–H and O–H groups in total. The van der Waals surface area contributed by atoms with Gasteiger partial charge < -0.3 is 0 Å². The highest BCUT2D eigenvalue weighted by molar-refractivity contribution is 7.11. The Labute approximate surface area is 172 Å². The molecule has 27 heavy (non-hydrogen) atoms. The third-order valence-electron chi connectivity index (χ3n) is 6.43. The van der Waals surface area contributed by atoms with Gasteiger partial charge in [0, 0.05) is 9.75 Å². The van der Waals surface area contributed by atoms with Crippen molar-refractivity contribution in [3.63, 3.8) is 0 Å². The highest BCUT2D eigenvalue weighted by Gasteiger charge is 2.46. The molecule has 0 bridgehead atoms. The minimum atomic E-state index is -1.64. The fourth-order valence-corrected chi connectivity index (χ4v) is 12.7. The van der Waals surface area contributed by atoms with Crippen molar-refractivity contribution in [2.75, 3.05) is 0 Å². The minimum Gasteiger partial charge on any atom is -0.144 e. The van der Waals surface area contributed by atoms with Gasteiger partial charge >= 0.3 is 0 Å². The van der Waals surface area contributed by atoms with Crippen molar-refractivity contribution in [3.8, 4) is 0 Å². The number of allylic oxidation sites excluding steroid dienone is 8. The monoisotopic (exact) mass is 408 g/mol. The Morgan fingerprint density at radius 1 is 0.704 bits per heavy atom. The summed E-state index contributed by atoms with van der Waals surface area (Å²) in [4.78, 5) is 2.84. The number of rotatable bonds is 4. The van der Waals surface area contributed by atoms with Crippen molar-refractivity contribution >= 4 is 41.9 Å². The predicted molar refractivity (Wildman–Crippen MR) is 126 cm³/mol. The molecule has 2 atom stereocenters. The van der Waals surface area contributed by atoms with Crippen LogP contribution in [0, 0.1) is 0 Å². The maximum Gasteiger partial charge on any atom is 0.0713 e. The lowest BCUT2D eigenvalue weighted by atomic mass is 10.1. The van der Waals surface area contributed by atoms with E-state index >= 15 is 0 Å². The molecule has 0 radical (unpaired) electrons. The molecule has 0 aromatic carbocycles. The number of hydrogen-bond donors (Lipinski definition) is 0. The molecule has 0 nitrogen and oxygen atoms in total. The van der Waals surface area contributed by atoms with Crippen molar-refractivity contribution in [1.82, 2.24) is 0 Å². The Bertz CT molecular complexity index is 899. The van der Waals surface area contributed by atoms with E-state index in [-0.39, 0.29) is 0 Å². The van der Waals surface area contributed by atoms with E-state index in [1.54, 1.807) is 22.3 Å². The van der Waals surface area contributed by atoms with Crippen LogP contribution < -0.4 is 0 Å². The van der Waals surface area contributed by atoms with Gasteiger partial charge in [0.25, 0.3) is 0 Å². The van der Waals surface area contributed by atoms with Gasteiger partial charge in [-0.05, 0) is 72.8 Å². The van der Waals surface area contributed by atoms with Crippen molar-refractivity contribution in [2.24, 2.45) is 0 Å². The third-order valence-corrected chi connectivity index (χ3v) is 13.0. The van der Waals surface area contributed by atoms with E-state index in [0.29, 0.717) is 11.1 Å². The standard InChI is InChI=1S/C24H28S2Si/c1-15-13-19(21-9-7-11-25-21)17(3)23(15)27(5,6)24-16(2)14-20(18(24)4)22-10-8-12-26-22/h7-14,23-24H,1-6H3. The van der Waals surface area contributed by atoms with E-state index < -0.39 is 8.07 Å². The van der Waals surface area contributed by atoms with Crippen LogP contribution in [0.15, 0.2) is 69.5 Å². The second-order valence-corrected chi connectivity index (χ2v) is 15.3. The van der Waals surface area contributed by atoms with Gasteiger partial charge in [0.1, 0.15) is 0 Å². The Hall–Kier alpha value is -1.42. The molecule has 2 aromatic heterocycles. The van der Waals surface area contributed by atoms with Gasteiger partial charge in [-0.2, -0.15) is 0 Å². The normalized spacial score (nSPS) is 23.3. The predicted octanol–water partition coefficient (Wildman–Crippen LogP) is 8.43. The lowest BCUT2D eigenvalue weighted by Gasteiger charge is -2.39. The first-order chi connectivity index (χ1) is 12.8. The SMILES string of the molecule is CC1=CC(c2cccs2)=C(C)C1[Si](C)(C)C1C(C)=CC(c2cccs2)=C1C. The fourth-order valence-electron chi connectivity index (χ4n) is 5.69. The Morgan fingerprint density at radius 2 is 1.11 bits per heavy atom. The maximum absolute atomic E-state index is 2.61. The van der Waals surface area contributed by atoms with E-state index in [9.17, 15) is 0 Å². The van der Waals surface area contributed by atoms with E-state index in [4.69, 9.17) is 0 Å². The summed E-state index contributed by atoms with van der Waals surface area (Å²) in [6.45, 7) is 14.7. The van der Waals surface area contributed by atoms with Crippen LogP contribution in [-0.2, 0) is 0 Å². The van der Waals surface area contributed by atoms with Gasteiger partial charge in [-0.3, -0.25) is 0 Å². The molecule has 0 saturated heterocycles. The zero-order chi connectivity index (χ0) is 19.3. The summed E-state index contributed by atoms with van der Waals surface area (Å²) in [5.41, 5.74) is 10.5. The molecule has 140 valence electrons. The molecule has 2 aliphatic rings. The summed E-state index contributed by atoms with van der Waals surface area (Å²) in [5.74, 6) is 0. The van der Waals surface area contributed by atoms with Gasteiger partial charge in [-0.15, -0.1) is 22.7 Å². The Balaban J connectivity index is 1.76. The average molecular weight is 409 g/mol. The minimum absolute atomic E-state index is 0.626. The molecule has 2 aromatic rings. The first kappa shape index (κ1) is 18.9. The summed E-state index contributed by atoms with van der Waals surface area (Å²) < 4.78 is 0. The lowest BCUT2D eigenvalue weighted by molar-refractivity contribution is 0.986. The van der Waals surface area contributed by atoms with E-state index in [1.165, 1.54) is 20.9 Å². The second-order valence-electron chi connectivity index (χ2n) is 8.61. The second kappa shape index (κ2) is 6.88. The van der Waals surface area contributed by atoms with Crippen LogP contribution >= 0.6 is 22.7 Å². The van der Waals surface area contributed by atoms with Gasteiger partial charge in [0.05, 0.1) is 8.07 Å². The largest absolute Gasteiger partial charge is 0.144 e. The molecule has 0 amide bonds. The molecule has 0 fully saturated rings. The summed E-state index contributed by atoms with van der Waals surface area (Å²) in [5, 5.41) is 4.39. The van der Waals surface area contributed by atoms with E-state index in [1.807, 2.05) is 22.7 Å². The Kier molecular flexibility index (Phi) is 4.82. The van der Waals surface area contributed by atoms with Crippen molar-refractivity contribution < 1.29 is 0 Å². The molecule has 2 heterocycles. The van der Waals surface area contributed by atoms with Gasteiger partial charge in [-0.1, -0.05) is 59.7 Å². The maximum atomic E-state index is 2.61. The summed E-state index contributed by atoms with van der Waals surface area (Å²) in [6.07, 6.45) is 4.93. The molecule has 0 aliphatic heterocycles. The molecular weight excluding hydrogens is 380 g/mol. The molecule has 3 heteroatoms. The number of hydrogen-bond acceptors (Lipinski definition) is 2. The molecule has 0 saturated carbocycles. The highest BCUT2D eigenvalue weighted by atomic mass is 32.1. The van der Waals surface area contributed by atoms with Crippen LogP contribution in [0.5, 0.6) is 0 Å². The summed E-state index contributed by atoms with van der Waals surface area (Å²) >= 11 is 3.73. The topological polar surface area (TPSA) is 0 Å². The van der Waals surface area contributed by atoms with E-state index in [0.717, 1.165) is 0 Å². The van der Waals surface area contributed by atoms with Crippen LogP contribution in [-0.4, -0.2) is 8.07 Å². The van der Waals surface area contributed by atoms with E-state index in [2.05, 4.69) is 88.0 Å². The molecular formula is C24H28S2Si. The van der Waals surface area contributed by atoms with Crippen LogP contribution in [0.3, 0.4) is 0 Å². The van der Waals surface area contributed by atoms with Crippen LogP contribution in [0.2, 0.25) is 24.2 Å². The average Bonchev–Trinajstić information content (AvgIpc) is 3.35. The van der Waals surface area contributed by atoms with Crippen molar-refractivity contribution in [1.29, 1.82) is 0 Å². The summed E-state index contributed by atoms with van der Waals surface area (Å²) in [6, 6.07) is 8.88. The molecule has 0 spiro atoms. The molecule has 2 aliphatic carbocycles. The Morgan fingerprint density at radius 3 is 1.44 bits per heavy atom. The fraction of sp³-hybridized carbons (Fsp3) is 0.333. The van der Waals surface area contributed by atoms with Gasteiger partial charge in [0.2, 0.25) is 0 Å². The number of thiophene rings is 2. The van der Waals surface area contributed by atoms with Gasteiger partial charge in [-0.25, -0.2) is 0 Å². The molecule has 2 unspecified atom stereocenters. The molecule has 4 rings (SSSR count). The lowest BCUT2D eigenvalue weighted by Crippen LogP contribution is -2.39. The van der Waals surface area contributed by atoms with Crippen LogP contribution in [0.1, 0.15) is 37.4 Å². The summed E-state index contributed by atoms with van der Waals surface area (Å²) in [7, 11) is -1.64. The third kappa shape index (κ3) is 3.00. The highest BCUT2D eigenvalue weighted by Crippen LogP contribution is 2.56. The van der Waals surface area contributed by atoms with Crippen LogP contribution in [0.25, 0.3) is 11.1 Å². The zero-order valence-electron chi connectivity index (χ0n) is 17.1. The smallest absolute Gasteiger partial charge is 0.0713 e.